The number of carbonyl (C=O) groups is 1. The van der Waals surface area contributed by atoms with Crippen LogP contribution in [0, 0.1) is 11.6 Å². The highest BCUT2D eigenvalue weighted by atomic mass is 79.9. The van der Waals surface area contributed by atoms with Crippen LogP contribution >= 0.6 is 15.9 Å². The number of Topliss-reactive ketones (excluding diaryl/α,β-unsaturated/α-hetero) is 1. The van der Waals surface area contributed by atoms with Crippen molar-refractivity contribution in [3.63, 3.8) is 0 Å². The van der Waals surface area contributed by atoms with Crippen LogP contribution in [-0.4, -0.2) is 12.9 Å². The van der Waals surface area contributed by atoms with Crippen molar-refractivity contribution >= 4 is 21.7 Å². The third-order valence-corrected chi connectivity index (χ3v) is 3.61. The highest BCUT2D eigenvalue weighted by Gasteiger charge is 2.13. The number of ether oxygens (including phenoxy) is 1. The van der Waals surface area contributed by atoms with Crippen LogP contribution in [0.1, 0.15) is 15.9 Å². The molecule has 5 heteroatoms. The molecule has 0 spiro atoms. The fourth-order valence-electron chi connectivity index (χ4n) is 1.79. The predicted octanol–water partition coefficient (Wildman–Crippen LogP) is 4.16. The van der Waals surface area contributed by atoms with Gasteiger partial charge in [0.25, 0.3) is 0 Å². The molecule has 104 valence electrons. The van der Waals surface area contributed by atoms with E-state index >= 15 is 0 Å². The summed E-state index contributed by atoms with van der Waals surface area (Å²) < 4.78 is 31.9. The summed E-state index contributed by atoms with van der Waals surface area (Å²) in [6, 6.07) is 8.04. The van der Waals surface area contributed by atoms with Crippen molar-refractivity contribution in [1.82, 2.24) is 0 Å². The lowest BCUT2D eigenvalue weighted by Crippen LogP contribution is -2.05. The second kappa shape index (κ2) is 6.13. The Labute approximate surface area is 123 Å². The summed E-state index contributed by atoms with van der Waals surface area (Å²) >= 11 is 3.27. The van der Waals surface area contributed by atoms with Crippen LogP contribution in [0.5, 0.6) is 5.75 Å². The molecule has 0 aliphatic carbocycles. The summed E-state index contributed by atoms with van der Waals surface area (Å²) in [5, 5.41) is 0. The van der Waals surface area contributed by atoms with Gasteiger partial charge in [0.2, 0.25) is 0 Å². The molecule has 0 saturated heterocycles. The molecular weight excluding hydrogens is 330 g/mol. The first kappa shape index (κ1) is 14.7. The van der Waals surface area contributed by atoms with Crippen LogP contribution in [0.25, 0.3) is 0 Å². The fraction of sp³-hybridized carbons (Fsp3) is 0.133. The van der Waals surface area contributed by atoms with Gasteiger partial charge in [0.05, 0.1) is 7.11 Å². The predicted molar refractivity (Wildman–Crippen MR) is 75.1 cm³/mol. The Morgan fingerprint density at radius 3 is 2.65 bits per heavy atom. The lowest BCUT2D eigenvalue weighted by molar-refractivity contribution is 0.0992. The van der Waals surface area contributed by atoms with Gasteiger partial charge < -0.3 is 4.74 Å². The molecule has 0 aromatic heterocycles. The van der Waals surface area contributed by atoms with Gasteiger partial charge in [-0.15, -0.1) is 0 Å². The second-order valence-electron chi connectivity index (χ2n) is 4.19. The van der Waals surface area contributed by atoms with Crippen LogP contribution in [0.4, 0.5) is 8.78 Å². The van der Waals surface area contributed by atoms with Gasteiger partial charge in [-0.3, -0.25) is 4.79 Å². The molecule has 2 aromatic carbocycles. The van der Waals surface area contributed by atoms with E-state index in [9.17, 15) is 13.6 Å². The van der Waals surface area contributed by atoms with Gasteiger partial charge in [-0.05, 0) is 42.0 Å². The largest absolute Gasteiger partial charge is 0.494 e. The van der Waals surface area contributed by atoms with Crippen molar-refractivity contribution in [2.75, 3.05) is 7.11 Å². The van der Waals surface area contributed by atoms with Crippen LogP contribution in [0.15, 0.2) is 40.9 Å². The van der Waals surface area contributed by atoms with Gasteiger partial charge in [-0.1, -0.05) is 15.9 Å². The number of rotatable bonds is 4. The van der Waals surface area contributed by atoms with E-state index in [-0.39, 0.29) is 18.0 Å². The van der Waals surface area contributed by atoms with E-state index in [1.165, 1.54) is 37.4 Å². The number of carbonyl (C=O) groups excluding carboxylic acids is 1. The Balaban J connectivity index is 2.26. The van der Waals surface area contributed by atoms with Crippen LogP contribution < -0.4 is 4.74 Å². The van der Waals surface area contributed by atoms with Gasteiger partial charge in [-0.25, -0.2) is 8.78 Å². The average molecular weight is 341 g/mol. The molecule has 0 radical (unpaired) electrons. The highest BCUT2D eigenvalue weighted by Crippen LogP contribution is 2.22. The van der Waals surface area contributed by atoms with Crippen LogP contribution in [0.3, 0.4) is 0 Å². The minimum absolute atomic E-state index is 0.00848. The Morgan fingerprint density at radius 1 is 1.20 bits per heavy atom. The maximum absolute atomic E-state index is 13.3. The third-order valence-electron chi connectivity index (χ3n) is 2.83. The van der Waals surface area contributed by atoms with Crippen LogP contribution in [0.2, 0.25) is 0 Å². The Hall–Kier alpha value is -1.75. The number of ketones is 1. The molecular formula is C15H11BrF2O2. The first-order valence-electron chi connectivity index (χ1n) is 5.82. The van der Waals surface area contributed by atoms with Crippen molar-refractivity contribution in [1.29, 1.82) is 0 Å². The maximum Gasteiger partial charge on any atom is 0.167 e. The lowest BCUT2D eigenvalue weighted by atomic mass is 10.0. The van der Waals surface area contributed by atoms with E-state index in [0.29, 0.717) is 15.6 Å². The summed E-state index contributed by atoms with van der Waals surface area (Å²) in [7, 11) is 1.33. The van der Waals surface area contributed by atoms with Crippen molar-refractivity contribution < 1.29 is 18.3 Å². The molecule has 0 unspecified atom stereocenters. The van der Waals surface area contributed by atoms with Crippen molar-refractivity contribution in [3.05, 3.63) is 63.6 Å². The summed E-state index contributed by atoms with van der Waals surface area (Å²) in [5.41, 5.74) is 0.859. The quantitative estimate of drug-likeness (QED) is 0.781. The van der Waals surface area contributed by atoms with E-state index in [0.717, 1.165) is 0 Å². The molecule has 0 fully saturated rings. The summed E-state index contributed by atoms with van der Waals surface area (Å²) in [6.45, 7) is 0. The third kappa shape index (κ3) is 3.22. The molecule has 0 N–H and O–H groups in total. The minimum Gasteiger partial charge on any atom is -0.494 e. The molecule has 0 bridgehead atoms. The minimum atomic E-state index is -0.531. The zero-order chi connectivity index (χ0) is 14.7. The summed E-state index contributed by atoms with van der Waals surface area (Å²) in [5.74, 6) is -1.17. The fourth-order valence-corrected chi connectivity index (χ4v) is 2.17. The van der Waals surface area contributed by atoms with Gasteiger partial charge in [0.15, 0.2) is 17.3 Å². The molecule has 20 heavy (non-hydrogen) atoms. The van der Waals surface area contributed by atoms with Gasteiger partial charge in [0, 0.05) is 16.5 Å². The Morgan fingerprint density at radius 2 is 1.95 bits per heavy atom. The SMILES string of the molecule is COc1cc(C(=O)Cc2cc(F)ccc2Br)ccc1F. The van der Waals surface area contributed by atoms with E-state index in [4.69, 9.17) is 4.74 Å². The van der Waals surface area contributed by atoms with Gasteiger partial charge in [0.1, 0.15) is 5.82 Å². The maximum atomic E-state index is 13.3. The van der Waals surface area contributed by atoms with E-state index < -0.39 is 11.6 Å². The number of halogens is 3. The number of methoxy groups -OCH3 is 1. The smallest absolute Gasteiger partial charge is 0.167 e. The second-order valence-corrected chi connectivity index (χ2v) is 5.04. The zero-order valence-corrected chi connectivity index (χ0v) is 12.2. The lowest BCUT2D eigenvalue weighted by Gasteiger charge is -2.07. The molecule has 2 aromatic rings. The molecule has 0 amide bonds. The Bertz CT molecular complexity index is 656. The zero-order valence-electron chi connectivity index (χ0n) is 10.6. The van der Waals surface area contributed by atoms with Crippen molar-refractivity contribution in [3.8, 4) is 5.75 Å². The van der Waals surface area contributed by atoms with E-state index in [2.05, 4.69) is 15.9 Å². The molecule has 0 aliphatic heterocycles. The van der Waals surface area contributed by atoms with Crippen LogP contribution in [-0.2, 0) is 6.42 Å². The molecule has 0 atom stereocenters. The average Bonchev–Trinajstić information content (AvgIpc) is 2.43. The molecule has 2 rings (SSSR count). The summed E-state index contributed by atoms with van der Waals surface area (Å²) in [6.07, 6.45) is 0.0210. The number of benzene rings is 2. The molecule has 0 saturated carbocycles. The van der Waals surface area contributed by atoms with Gasteiger partial charge in [-0.2, -0.15) is 0 Å². The molecule has 2 nitrogen and oxygen atoms in total. The summed E-state index contributed by atoms with van der Waals surface area (Å²) in [4.78, 5) is 12.1. The van der Waals surface area contributed by atoms with E-state index in [1.54, 1.807) is 6.07 Å². The number of hydrogen-bond acceptors (Lipinski definition) is 2. The number of hydrogen-bond donors (Lipinski definition) is 0. The normalized spacial score (nSPS) is 10.4. The molecule has 0 heterocycles. The van der Waals surface area contributed by atoms with Gasteiger partial charge >= 0.3 is 0 Å². The monoisotopic (exact) mass is 340 g/mol. The first-order chi connectivity index (χ1) is 9.51. The standard InChI is InChI=1S/C15H11BrF2O2/c1-20-15-8-9(2-5-13(15)18)14(19)7-10-6-11(17)3-4-12(10)16/h2-6,8H,7H2,1H3. The first-order valence-corrected chi connectivity index (χ1v) is 6.61. The topological polar surface area (TPSA) is 26.3 Å². The van der Waals surface area contributed by atoms with Crippen molar-refractivity contribution in [2.45, 2.75) is 6.42 Å². The Kier molecular flexibility index (Phi) is 4.49. The van der Waals surface area contributed by atoms with E-state index in [1.807, 2.05) is 0 Å². The van der Waals surface area contributed by atoms with Crippen molar-refractivity contribution in [2.24, 2.45) is 0 Å². The molecule has 0 aliphatic rings. The highest BCUT2D eigenvalue weighted by molar-refractivity contribution is 9.10.